The van der Waals surface area contributed by atoms with Crippen molar-refractivity contribution in [2.45, 2.75) is 0 Å². The molecule has 0 spiro atoms. The molecule has 9 nitrogen and oxygen atoms in total. The van der Waals surface area contributed by atoms with Gasteiger partial charge in [0.2, 0.25) is 5.82 Å². The number of hydrogen-bond acceptors (Lipinski definition) is 6. The van der Waals surface area contributed by atoms with Crippen molar-refractivity contribution < 1.29 is 18.8 Å². The van der Waals surface area contributed by atoms with E-state index in [1.165, 1.54) is 13.2 Å². The summed E-state index contributed by atoms with van der Waals surface area (Å²) < 4.78 is 19.5. The van der Waals surface area contributed by atoms with E-state index >= 15 is 0 Å². The first-order valence-electron chi connectivity index (χ1n) is 7.90. The van der Waals surface area contributed by atoms with Crippen LogP contribution in [0.3, 0.4) is 0 Å². The molecule has 0 aliphatic carbocycles. The molecule has 0 radical (unpaired) electrons. The van der Waals surface area contributed by atoms with Crippen LogP contribution in [0.15, 0.2) is 59.4 Å². The Morgan fingerprint density at radius 1 is 1.21 bits per heavy atom. The lowest BCUT2D eigenvalue weighted by atomic mass is 10.2. The Balaban J connectivity index is 2.01. The van der Waals surface area contributed by atoms with Crippen LogP contribution in [0, 0.1) is 15.9 Å². The minimum atomic E-state index is -1.03. The first kappa shape index (κ1) is 18.7. The Kier molecular flexibility index (Phi) is 5.12. The van der Waals surface area contributed by atoms with Crippen LogP contribution in [0.25, 0.3) is 5.69 Å². The van der Waals surface area contributed by atoms with Gasteiger partial charge in [-0.3, -0.25) is 19.7 Å². The molecule has 0 saturated heterocycles. The monoisotopic (exact) mass is 384 g/mol. The number of benzene rings is 2. The number of para-hydroxylation sites is 1. The standard InChI is InChI=1S/C18H13FN4O5/c1-28-15-10-16(24)22(12-5-3-2-4-6-12)21-17(15)18(25)20-11-7-8-13(19)14(9-11)23(26)27/h2-10H,1H3,(H,20,25). The summed E-state index contributed by atoms with van der Waals surface area (Å²) in [5.74, 6) is -1.90. The average Bonchev–Trinajstić information content (AvgIpc) is 2.69. The maximum absolute atomic E-state index is 13.5. The minimum Gasteiger partial charge on any atom is -0.494 e. The molecule has 2 aromatic carbocycles. The maximum atomic E-state index is 13.5. The SMILES string of the molecule is COc1cc(=O)n(-c2ccccc2)nc1C(=O)Nc1ccc(F)c([N+](=O)[O-])c1. The highest BCUT2D eigenvalue weighted by molar-refractivity contribution is 6.04. The number of aromatic nitrogens is 2. The third-order valence-electron chi connectivity index (χ3n) is 3.73. The van der Waals surface area contributed by atoms with Crippen LogP contribution >= 0.6 is 0 Å². The Morgan fingerprint density at radius 2 is 1.93 bits per heavy atom. The van der Waals surface area contributed by atoms with Crippen molar-refractivity contribution in [1.29, 1.82) is 0 Å². The molecule has 0 aliphatic rings. The van der Waals surface area contributed by atoms with E-state index in [9.17, 15) is 24.1 Å². The normalized spacial score (nSPS) is 10.4. The van der Waals surface area contributed by atoms with Crippen LogP contribution in [-0.4, -0.2) is 27.7 Å². The number of nitrogens with one attached hydrogen (secondary N) is 1. The number of nitro groups is 1. The summed E-state index contributed by atoms with van der Waals surface area (Å²) in [6, 6.07) is 12.4. The molecule has 0 aliphatic heterocycles. The molecular formula is C18H13FN4O5. The van der Waals surface area contributed by atoms with Gasteiger partial charge in [-0.05, 0) is 24.3 Å². The fraction of sp³-hybridized carbons (Fsp3) is 0.0556. The number of rotatable bonds is 5. The van der Waals surface area contributed by atoms with Crippen molar-refractivity contribution in [3.05, 3.63) is 86.6 Å². The van der Waals surface area contributed by atoms with Gasteiger partial charge in [0.1, 0.15) is 0 Å². The first-order chi connectivity index (χ1) is 13.4. The highest BCUT2D eigenvalue weighted by atomic mass is 19.1. The van der Waals surface area contributed by atoms with Crippen LogP contribution in [0.5, 0.6) is 5.75 Å². The summed E-state index contributed by atoms with van der Waals surface area (Å²) in [5.41, 5.74) is -1.11. The second-order valence-electron chi connectivity index (χ2n) is 5.52. The molecule has 1 heterocycles. The second kappa shape index (κ2) is 7.66. The quantitative estimate of drug-likeness (QED) is 0.534. The Hall–Kier alpha value is -4.08. The molecule has 3 rings (SSSR count). The third-order valence-corrected chi connectivity index (χ3v) is 3.73. The Labute approximate surface area is 157 Å². The highest BCUT2D eigenvalue weighted by Crippen LogP contribution is 2.23. The summed E-state index contributed by atoms with van der Waals surface area (Å²) in [6.07, 6.45) is 0. The number of carbonyl (C=O) groups is 1. The molecule has 0 saturated carbocycles. The zero-order valence-electron chi connectivity index (χ0n) is 14.5. The number of amides is 1. The van der Waals surface area contributed by atoms with Crippen molar-refractivity contribution in [2.24, 2.45) is 0 Å². The number of hydrogen-bond donors (Lipinski definition) is 1. The first-order valence-corrected chi connectivity index (χ1v) is 7.90. The van der Waals surface area contributed by atoms with E-state index in [0.29, 0.717) is 5.69 Å². The van der Waals surface area contributed by atoms with Crippen molar-refractivity contribution >= 4 is 17.3 Å². The van der Waals surface area contributed by atoms with Gasteiger partial charge in [0.05, 0.1) is 23.8 Å². The molecule has 10 heteroatoms. The van der Waals surface area contributed by atoms with Crippen molar-refractivity contribution in [3.8, 4) is 11.4 Å². The molecule has 3 aromatic rings. The number of nitrogens with zero attached hydrogens (tertiary/aromatic N) is 3. The Bertz CT molecular complexity index is 1110. The number of methoxy groups -OCH3 is 1. The lowest BCUT2D eigenvalue weighted by Gasteiger charge is -2.11. The van der Waals surface area contributed by atoms with Crippen molar-refractivity contribution in [3.63, 3.8) is 0 Å². The summed E-state index contributed by atoms with van der Waals surface area (Å²) in [7, 11) is 1.27. The Morgan fingerprint density at radius 3 is 2.57 bits per heavy atom. The van der Waals surface area contributed by atoms with Crippen molar-refractivity contribution in [2.75, 3.05) is 12.4 Å². The summed E-state index contributed by atoms with van der Waals surface area (Å²) in [4.78, 5) is 34.8. The van der Waals surface area contributed by atoms with Gasteiger partial charge in [0.15, 0.2) is 11.4 Å². The highest BCUT2D eigenvalue weighted by Gasteiger charge is 2.20. The average molecular weight is 384 g/mol. The van der Waals surface area contributed by atoms with E-state index in [4.69, 9.17) is 4.74 Å². The smallest absolute Gasteiger partial charge is 0.306 e. The number of ether oxygens (including phenoxy) is 1. The summed E-state index contributed by atoms with van der Waals surface area (Å²) >= 11 is 0. The van der Waals surface area contributed by atoms with Gasteiger partial charge in [0.25, 0.3) is 11.5 Å². The zero-order chi connectivity index (χ0) is 20.3. The van der Waals surface area contributed by atoms with Gasteiger partial charge in [0, 0.05) is 11.8 Å². The lowest BCUT2D eigenvalue weighted by molar-refractivity contribution is -0.387. The van der Waals surface area contributed by atoms with Crippen LogP contribution in [0.2, 0.25) is 0 Å². The van der Waals surface area contributed by atoms with E-state index in [-0.39, 0.29) is 17.1 Å². The molecule has 1 N–H and O–H groups in total. The molecular weight excluding hydrogens is 371 g/mol. The van der Waals surface area contributed by atoms with E-state index in [1.54, 1.807) is 30.3 Å². The number of halogens is 1. The number of nitro benzene ring substituents is 1. The lowest BCUT2D eigenvalue weighted by Crippen LogP contribution is -2.26. The topological polar surface area (TPSA) is 116 Å². The van der Waals surface area contributed by atoms with E-state index in [2.05, 4.69) is 10.4 Å². The fourth-order valence-corrected chi connectivity index (χ4v) is 2.43. The van der Waals surface area contributed by atoms with E-state index in [0.717, 1.165) is 22.9 Å². The van der Waals surface area contributed by atoms with Gasteiger partial charge in [-0.15, -0.1) is 0 Å². The maximum Gasteiger partial charge on any atom is 0.306 e. The van der Waals surface area contributed by atoms with Crippen molar-refractivity contribution in [1.82, 2.24) is 9.78 Å². The predicted octanol–water partition coefficient (Wildman–Crippen LogP) is 2.54. The van der Waals surface area contributed by atoms with E-state index in [1.807, 2.05) is 0 Å². The number of carbonyl (C=O) groups excluding carboxylic acids is 1. The minimum absolute atomic E-state index is 0.0144. The molecule has 0 unspecified atom stereocenters. The van der Waals surface area contributed by atoms with Crippen LogP contribution in [0.4, 0.5) is 15.8 Å². The van der Waals surface area contributed by atoms with Crippen LogP contribution in [0.1, 0.15) is 10.5 Å². The van der Waals surface area contributed by atoms with Crippen LogP contribution in [-0.2, 0) is 0 Å². The van der Waals surface area contributed by atoms with Gasteiger partial charge >= 0.3 is 5.69 Å². The molecule has 1 amide bonds. The molecule has 0 fully saturated rings. The molecule has 28 heavy (non-hydrogen) atoms. The van der Waals surface area contributed by atoms with Gasteiger partial charge in [-0.2, -0.15) is 14.2 Å². The van der Waals surface area contributed by atoms with Gasteiger partial charge in [-0.25, -0.2) is 0 Å². The van der Waals surface area contributed by atoms with E-state index < -0.39 is 27.9 Å². The fourth-order valence-electron chi connectivity index (χ4n) is 2.43. The largest absolute Gasteiger partial charge is 0.494 e. The number of anilines is 1. The third kappa shape index (κ3) is 3.70. The summed E-state index contributed by atoms with van der Waals surface area (Å²) in [5, 5.41) is 17.3. The second-order valence-corrected chi connectivity index (χ2v) is 5.52. The van der Waals surface area contributed by atoms with Gasteiger partial charge < -0.3 is 10.1 Å². The summed E-state index contributed by atoms with van der Waals surface area (Å²) in [6.45, 7) is 0. The predicted molar refractivity (Wildman–Crippen MR) is 97.4 cm³/mol. The zero-order valence-corrected chi connectivity index (χ0v) is 14.5. The molecule has 0 bridgehead atoms. The molecule has 0 atom stereocenters. The van der Waals surface area contributed by atoms with Gasteiger partial charge in [-0.1, -0.05) is 18.2 Å². The molecule has 1 aromatic heterocycles. The molecule has 142 valence electrons. The van der Waals surface area contributed by atoms with Crippen LogP contribution < -0.4 is 15.6 Å².